The maximum atomic E-state index is 13.5. The molecule has 0 aromatic heterocycles. The van der Waals surface area contributed by atoms with Crippen LogP contribution in [0.1, 0.15) is 42.7 Å². The molecule has 2 aliphatic heterocycles. The molecule has 2 saturated heterocycles. The first kappa shape index (κ1) is 23.3. The fraction of sp³-hybridized carbons (Fsp3) is 0.500. The molecule has 1 saturated carbocycles. The molecule has 3 aliphatic rings. The van der Waals surface area contributed by atoms with Crippen molar-refractivity contribution in [3.05, 3.63) is 71.5 Å². The van der Waals surface area contributed by atoms with E-state index in [4.69, 9.17) is 4.74 Å². The largest absolute Gasteiger partial charge is 0.471 e. The van der Waals surface area contributed by atoms with Gasteiger partial charge >= 0.3 is 12.1 Å². The van der Waals surface area contributed by atoms with Gasteiger partial charge in [-0.15, -0.1) is 0 Å². The van der Waals surface area contributed by atoms with Gasteiger partial charge in [0, 0.05) is 31.6 Å². The molecule has 0 bridgehead atoms. The molecule has 2 heterocycles. The van der Waals surface area contributed by atoms with Crippen molar-refractivity contribution in [1.29, 1.82) is 0 Å². The summed E-state index contributed by atoms with van der Waals surface area (Å²) in [5.41, 5.74) is 1.49. The van der Waals surface area contributed by atoms with E-state index < -0.39 is 29.8 Å². The van der Waals surface area contributed by atoms with Crippen LogP contribution in [0.25, 0.3) is 0 Å². The second kappa shape index (κ2) is 8.96. The number of hydrogen-bond donors (Lipinski definition) is 0. The van der Waals surface area contributed by atoms with Gasteiger partial charge in [-0.25, -0.2) is 4.39 Å². The smallest absolute Gasteiger partial charge is 0.373 e. The molecule has 2 aromatic carbocycles. The van der Waals surface area contributed by atoms with Crippen LogP contribution >= 0.6 is 0 Å². The number of ether oxygens (including phenoxy) is 1. The van der Waals surface area contributed by atoms with Crippen molar-refractivity contribution >= 4 is 5.91 Å². The summed E-state index contributed by atoms with van der Waals surface area (Å²) < 4.78 is 59.9. The van der Waals surface area contributed by atoms with Gasteiger partial charge in [-0.05, 0) is 48.9 Å². The molecule has 182 valence electrons. The third-order valence-electron chi connectivity index (χ3n) is 7.49. The summed E-state index contributed by atoms with van der Waals surface area (Å²) in [5, 5.41) is 0. The Hall–Kier alpha value is -2.45. The van der Waals surface area contributed by atoms with Gasteiger partial charge in [-0.2, -0.15) is 13.2 Å². The third kappa shape index (κ3) is 4.84. The zero-order valence-electron chi connectivity index (χ0n) is 18.8. The van der Waals surface area contributed by atoms with Crippen LogP contribution < -0.4 is 0 Å². The lowest BCUT2D eigenvalue weighted by Gasteiger charge is -2.39. The van der Waals surface area contributed by atoms with Gasteiger partial charge in [0.2, 0.25) is 0 Å². The molecule has 3 atom stereocenters. The standard InChI is InChI=1S/C26H28F4N2O2/c27-20-8-6-18(7-9-20)16-31-12-10-25(11-13-31)15-21(17-34-25)32(24(33)26(28,29)30)23-14-22(23)19-4-2-1-3-5-19/h1-9,21-23H,10-17H2/t21?,22-,23+/m0/s1. The van der Waals surface area contributed by atoms with E-state index in [1.54, 1.807) is 12.1 Å². The molecule has 1 spiro atoms. The summed E-state index contributed by atoms with van der Waals surface area (Å²) in [5.74, 6) is -2.09. The normalized spacial score (nSPS) is 26.5. The number of piperidine rings is 1. The minimum Gasteiger partial charge on any atom is -0.373 e. The molecular weight excluding hydrogens is 448 g/mol. The van der Waals surface area contributed by atoms with Crippen LogP contribution in [0.5, 0.6) is 0 Å². The van der Waals surface area contributed by atoms with Crippen molar-refractivity contribution in [2.45, 2.75) is 62.0 Å². The van der Waals surface area contributed by atoms with Crippen molar-refractivity contribution in [3.63, 3.8) is 0 Å². The van der Waals surface area contributed by atoms with Crippen LogP contribution in [-0.4, -0.2) is 59.3 Å². The molecule has 4 nitrogen and oxygen atoms in total. The van der Waals surface area contributed by atoms with Gasteiger partial charge in [-0.1, -0.05) is 42.5 Å². The minimum absolute atomic E-state index is 0.0680. The van der Waals surface area contributed by atoms with Crippen LogP contribution in [0, 0.1) is 5.82 Å². The Balaban J connectivity index is 1.24. The average Bonchev–Trinajstić information content (AvgIpc) is 3.50. The van der Waals surface area contributed by atoms with E-state index in [1.165, 1.54) is 12.1 Å². The second-order valence-electron chi connectivity index (χ2n) is 9.78. The number of nitrogens with zero attached hydrogens (tertiary/aromatic N) is 2. The fourth-order valence-electron chi connectivity index (χ4n) is 5.60. The van der Waals surface area contributed by atoms with Crippen LogP contribution in [0.15, 0.2) is 54.6 Å². The van der Waals surface area contributed by atoms with Crippen molar-refractivity contribution in [3.8, 4) is 0 Å². The van der Waals surface area contributed by atoms with Crippen molar-refractivity contribution < 1.29 is 27.1 Å². The quantitative estimate of drug-likeness (QED) is 0.576. The number of hydrogen-bond acceptors (Lipinski definition) is 3. The monoisotopic (exact) mass is 476 g/mol. The lowest BCUT2D eigenvalue weighted by molar-refractivity contribution is -0.188. The number of carbonyl (C=O) groups is 1. The molecule has 1 amide bonds. The maximum Gasteiger partial charge on any atom is 0.471 e. The van der Waals surface area contributed by atoms with Crippen molar-refractivity contribution in [1.82, 2.24) is 9.80 Å². The Labute approximate surface area is 196 Å². The highest BCUT2D eigenvalue weighted by atomic mass is 19.4. The summed E-state index contributed by atoms with van der Waals surface area (Å²) in [6.07, 6.45) is -2.53. The molecule has 8 heteroatoms. The Morgan fingerprint density at radius 3 is 2.38 bits per heavy atom. The number of alkyl halides is 3. The summed E-state index contributed by atoms with van der Waals surface area (Å²) in [7, 11) is 0. The minimum atomic E-state index is -4.90. The van der Waals surface area contributed by atoms with Gasteiger partial charge in [0.15, 0.2) is 0 Å². The first-order valence-electron chi connectivity index (χ1n) is 11.8. The molecule has 0 radical (unpaired) electrons. The Kier molecular flexibility index (Phi) is 6.14. The van der Waals surface area contributed by atoms with E-state index in [-0.39, 0.29) is 18.3 Å². The predicted octanol–water partition coefficient (Wildman–Crippen LogP) is 4.90. The molecule has 1 unspecified atom stereocenters. The van der Waals surface area contributed by atoms with Crippen LogP contribution in [-0.2, 0) is 16.1 Å². The van der Waals surface area contributed by atoms with Gasteiger partial charge in [0.25, 0.3) is 0 Å². The molecule has 5 rings (SSSR count). The highest BCUT2D eigenvalue weighted by molar-refractivity contribution is 5.83. The van der Waals surface area contributed by atoms with Gasteiger partial charge in [0.05, 0.1) is 18.2 Å². The zero-order chi connectivity index (χ0) is 23.9. The Morgan fingerprint density at radius 2 is 1.74 bits per heavy atom. The fourth-order valence-corrected chi connectivity index (χ4v) is 5.60. The van der Waals surface area contributed by atoms with Gasteiger partial charge in [-0.3, -0.25) is 9.69 Å². The lowest BCUT2D eigenvalue weighted by Crippen LogP contribution is -2.50. The van der Waals surface area contributed by atoms with E-state index in [0.717, 1.165) is 29.1 Å². The average molecular weight is 477 g/mol. The molecule has 3 fully saturated rings. The molecule has 34 heavy (non-hydrogen) atoms. The number of halogens is 4. The Morgan fingerprint density at radius 1 is 1.06 bits per heavy atom. The van der Waals surface area contributed by atoms with Crippen molar-refractivity contribution in [2.24, 2.45) is 0 Å². The number of amides is 1. The number of carbonyl (C=O) groups excluding carboxylic acids is 1. The van der Waals surface area contributed by atoms with Gasteiger partial charge < -0.3 is 9.64 Å². The number of rotatable bonds is 5. The zero-order valence-corrected chi connectivity index (χ0v) is 18.8. The first-order valence-corrected chi connectivity index (χ1v) is 11.8. The van der Waals surface area contributed by atoms with E-state index >= 15 is 0 Å². The number of benzene rings is 2. The maximum absolute atomic E-state index is 13.5. The summed E-state index contributed by atoms with van der Waals surface area (Å²) in [6, 6.07) is 14.8. The topological polar surface area (TPSA) is 32.8 Å². The molecule has 0 N–H and O–H groups in total. The SMILES string of the molecule is O=C(N(C1COC2(CCN(Cc3ccc(F)cc3)CC2)C1)[C@@H]1C[C@H]1c1ccccc1)C(F)(F)F. The second-order valence-corrected chi connectivity index (χ2v) is 9.78. The lowest BCUT2D eigenvalue weighted by atomic mass is 9.86. The third-order valence-corrected chi connectivity index (χ3v) is 7.49. The molecular formula is C26H28F4N2O2. The van der Waals surface area contributed by atoms with E-state index in [0.29, 0.717) is 32.2 Å². The van der Waals surface area contributed by atoms with E-state index in [9.17, 15) is 22.4 Å². The summed E-state index contributed by atoms with van der Waals surface area (Å²) in [6.45, 7) is 2.32. The highest BCUT2D eigenvalue weighted by Crippen LogP contribution is 2.49. The summed E-state index contributed by atoms with van der Waals surface area (Å²) in [4.78, 5) is 15.8. The first-order chi connectivity index (χ1) is 16.2. The van der Waals surface area contributed by atoms with Crippen LogP contribution in [0.4, 0.5) is 17.6 Å². The predicted molar refractivity (Wildman–Crippen MR) is 118 cm³/mol. The highest BCUT2D eigenvalue weighted by Gasteiger charge is 2.57. The number of likely N-dealkylation sites (tertiary alicyclic amines) is 1. The van der Waals surface area contributed by atoms with Crippen molar-refractivity contribution in [2.75, 3.05) is 19.7 Å². The summed E-state index contributed by atoms with van der Waals surface area (Å²) >= 11 is 0. The van der Waals surface area contributed by atoms with Gasteiger partial charge in [0.1, 0.15) is 5.82 Å². The van der Waals surface area contributed by atoms with Crippen LogP contribution in [0.2, 0.25) is 0 Å². The molecule has 1 aliphatic carbocycles. The molecule has 2 aromatic rings. The van der Waals surface area contributed by atoms with E-state index in [1.807, 2.05) is 30.3 Å². The van der Waals surface area contributed by atoms with E-state index in [2.05, 4.69) is 4.90 Å². The Bertz CT molecular complexity index is 1000. The van der Waals surface area contributed by atoms with Crippen LogP contribution in [0.3, 0.4) is 0 Å².